The smallest absolute Gasteiger partial charge is 0.222 e. The van der Waals surface area contributed by atoms with Gasteiger partial charge in [0.2, 0.25) is 5.91 Å². The summed E-state index contributed by atoms with van der Waals surface area (Å²) in [5.41, 5.74) is 5.72. The second-order valence-electron chi connectivity index (χ2n) is 5.65. The molecule has 3 N–H and O–H groups in total. The molecule has 0 aromatic rings. The van der Waals surface area contributed by atoms with E-state index in [1.165, 1.54) is 19.3 Å². The summed E-state index contributed by atoms with van der Waals surface area (Å²) in [5, 5.41) is 3.13. The van der Waals surface area contributed by atoms with Crippen molar-refractivity contribution in [1.82, 2.24) is 5.32 Å². The van der Waals surface area contributed by atoms with E-state index in [4.69, 9.17) is 10.5 Å². The molecule has 0 spiro atoms. The molecule has 2 atom stereocenters. The van der Waals surface area contributed by atoms with Gasteiger partial charge in [-0.25, -0.2) is 0 Å². The molecule has 1 aliphatic carbocycles. The van der Waals surface area contributed by atoms with Gasteiger partial charge in [0.15, 0.2) is 0 Å². The van der Waals surface area contributed by atoms with Crippen molar-refractivity contribution in [3.63, 3.8) is 0 Å². The van der Waals surface area contributed by atoms with Gasteiger partial charge < -0.3 is 15.8 Å². The van der Waals surface area contributed by atoms with E-state index < -0.39 is 0 Å². The van der Waals surface area contributed by atoms with Crippen molar-refractivity contribution in [3.05, 3.63) is 0 Å². The second-order valence-corrected chi connectivity index (χ2v) is 5.65. The SMILES string of the molecule is COC(CN)CC(=O)NC1CCCCC1(C)C.Cl. The maximum absolute atomic E-state index is 11.9. The summed E-state index contributed by atoms with van der Waals surface area (Å²) in [5.74, 6) is 0.0577. The topological polar surface area (TPSA) is 64.3 Å². The number of methoxy groups -OCH3 is 1. The van der Waals surface area contributed by atoms with Crippen LogP contribution in [0.15, 0.2) is 0 Å². The van der Waals surface area contributed by atoms with Crippen LogP contribution in [0.1, 0.15) is 46.0 Å². The van der Waals surface area contributed by atoms with Gasteiger partial charge >= 0.3 is 0 Å². The predicted molar refractivity (Wildman–Crippen MR) is 75.9 cm³/mol. The zero-order valence-electron chi connectivity index (χ0n) is 11.7. The van der Waals surface area contributed by atoms with Crippen LogP contribution in [-0.2, 0) is 9.53 Å². The Kier molecular flexibility index (Phi) is 7.83. The molecule has 1 amide bonds. The predicted octanol–water partition coefficient (Wildman–Crippen LogP) is 1.86. The third kappa shape index (κ3) is 5.12. The Morgan fingerprint density at radius 3 is 2.67 bits per heavy atom. The van der Waals surface area contributed by atoms with Gasteiger partial charge in [0.25, 0.3) is 0 Å². The summed E-state index contributed by atoms with van der Waals surface area (Å²) in [6.45, 7) is 4.85. The first-order valence-electron chi connectivity index (χ1n) is 6.52. The Hall–Kier alpha value is -0.320. The van der Waals surface area contributed by atoms with E-state index in [0.29, 0.717) is 19.0 Å². The summed E-state index contributed by atoms with van der Waals surface area (Å²) < 4.78 is 5.13. The molecule has 0 radical (unpaired) electrons. The van der Waals surface area contributed by atoms with E-state index >= 15 is 0 Å². The van der Waals surface area contributed by atoms with E-state index in [9.17, 15) is 4.79 Å². The van der Waals surface area contributed by atoms with Gasteiger partial charge in [0.05, 0.1) is 12.5 Å². The van der Waals surface area contributed by atoms with Crippen molar-refractivity contribution in [1.29, 1.82) is 0 Å². The highest BCUT2D eigenvalue weighted by Crippen LogP contribution is 2.35. The van der Waals surface area contributed by atoms with Crippen LogP contribution >= 0.6 is 12.4 Å². The second kappa shape index (κ2) is 7.97. The Balaban J connectivity index is 0.00000289. The lowest BCUT2D eigenvalue weighted by Crippen LogP contribution is -2.47. The lowest BCUT2D eigenvalue weighted by Gasteiger charge is -2.39. The Labute approximate surface area is 116 Å². The molecular weight excluding hydrogens is 252 g/mol. The van der Waals surface area contributed by atoms with E-state index in [-0.39, 0.29) is 29.8 Å². The van der Waals surface area contributed by atoms with Crippen LogP contribution in [-0.4, -0.2) is 31.7 Å². The number of nitrogens with two attached hydrogens (primary N) is 1. The summed E-state index contributed by atoms with van der Waals surface area (Å²) in [7, 11) is 1.59. The molecule has 1 rings (SSSR count). The normalized spacial score (nSPS) is 23.9. The number of hydrogen-bond donors (Lipinski definition) is 2. The lowest BCUT2D eigenvalue weighted by atomic mass is 9.73. The van der Waals surface area contributed by atoms with E-state index in [0.717, 1.165) is 6.42 Å². The molecule has 2 unspecified atom stereocenters. The van der Waals surface area contributed by atoms with Gasteiger partial charge in [-0.15, -0.1) is 12.4 Å². The molecule has 0 bridgehead atoms. The molecular formula is C13H27ClN2O2. The van der Waals surface area contributed by atoms with Gasteiger partial charge in [-0.1, -0.05) is 26.7 Å². The van der Waals surface area contributed by atoms with Crippen LogP contribution in [0.2, 0.25) is 0 Å². The summed E-state index contributed by atoms with van der Waals surface area (Å²) in [6.07, 6.45) is 4.94. The molecule has 0 saturated heterocycles. The minimum atomic E-state index is -0.165. The van der Waals surface area contributed by atoms with Gasteiger partial charge in [-0.2, -0.15) is 0 Å². The Bertz CT molecular complexity index is 255. The van der Waals surface area contributed by atoms with Crippen molar-refractivity contribution in [2.45, 2.75) is 58.1 Å². The molecule has 4 nitrogen and oxygen atoms in total. The molecule has 1 fully saturated rings. The molecule has 18 heavy (non-hydrogen) atoms. The average molecular weight is 279 g/mol. The molecule has 0 heterocycles. The third-order valence-corrected chi connectivity index (χ3v) is 3.85. The average Bonchev–Trinajstić information content (AvgIpc) is 2.28. The van der Waals surface area contributed by atoms with Crippen LogP contribution in [0.25, 0.3) is 0 Å². The van der Waals surface area contributed by atoms with Crippen molar-refractivity contribution in [2.24, 2.45) is 11.1 Å². The fraction of sp³-hybridized carbons (Fsp3) is 0.923. The number of amides is 1. The van der Waals surface area contributed by atoms with Gasteiger partial charge in [0.1, 0.15) is 0 Å². The van der Waals surface area contributed by atoms with Crippen LogP contribution in [0, 0.1) is 5.41 Å². The number of carbonyl (C=O) groups is 1. The first-order chi connectivity index (χ1) is 7.99. The van der Waals surface area contributed by atoms with Crippen LogP contribution in [0.5, 0.6) is 0 Å². The van der Waals surface area contributed by atoms with Crippen LogP contribution < -0.4 is 11.1 Å². The van der Waals surface area contributed by atoms with Crippen molar-refractivity contribution in [2.75, 3.05) is 13.7 Å². The molecule has 0 aromatic carbocycles. The number of ether oxygens (including phenoxy) is 1. The van der Waals surface area contributed by atoms with E-state index in [2.05, 4.69) is 19.2 Å². The number of hydrogen-bond acceptors (Lipinski definition) is 3. The first kappa shape index (κ1) is 17.7. The highest BCUT2D eigenvalue weighted by atomic mass is 35.5. The molecule has 1 aliphatic rings. The Morgan fingerprint density at radius 2 is 2.17 bits per heavy atom. The molecule has 0 aliphatic heterocycles. The monoisotopic (exact) mass is 278 g/mol. The maximum atomic E-state index is 11.9. The highest BCUT2D eigenvalue weighted by molar-refractivity contribution is 5.85. The van der Waals surface area contributed by atoms with Crippen molar-refractivity contribution < 1.29 is 9.53 Å². The fourth-order valence-electron chi connectivity index (χ4n) is 2.48. The summed E-state index contributed by atoms with van der Waals surface area (Å²) >= 11 is 0. The van der Waals surface area contributed by atoms with Crippen molar-refractivity contribution >= 4 is 18.3 Å². The van der Waals surface area contributed by atoms with Crippen LogP contribution in [0.4, 0.5) is 0 Å². The number of carbonyl (C=O) groups excluding carboxylic acids is 1. The third-order valence-electron chi connectivity index (χ3n) is 3.85. The largest absolute Gasteiger partial charge is 0.380 e. The maximum Gasteiger partial charge on any atom is 0.222 e. The zero-order valence-corrected chi connectivity index (χ0v) is 12.5. The quantitative estimate of drug-likeness (QED) is 0.807. The van der Waals surface area contributed by atoms with Crippen molar-refractivity contribution in [3.8, 4) is 0 Å². The highest BCUT2D eigenvalue weighted by Gasteiger charge is 2.33. The van der Waals surface area contributed by atoms with E-state index in [1.807, 2.05) is 0 Å². The molecule has 108 valence electrons. The summed E-state index contributed by atoms with van der Waals surface area (Å²) in [4.78, 5) is 11.9. The zero-order chi connectivity index (χ0) is 12.9. The number of rotatable bonds is 5. The standard InChI is InChI=1S/C13H26N2O2.ClH/c1-13(2)7-5-4-6-11(13)15-12(16)8-10(9-14)17-3;/h10-11H,4-9,14H2,1-3H3,(H,15,16);1H. The lowest BCUT2D eigenvalue weighted by molar-refractivity contribution is -0.125. The minimum absolute atomic E-state index is 0. The van der Waals surface area contributed by atoms with Gasteiger partial charge in [0, 0.05) is 19.7 Å². The molecule has 0 aromatic heterocycles. The molecule has 5 heteroatoms. The number of halogens is 1. The molecule has 1 saturated carbocycles. The van der Waals surface area contributed by atoms with E-state index in [1.54, 1.807) is 7.11 Å². The first-order valence-corrected chi connectivity index (χ1v) is 6.52. The van der Waals surface area contributed by atoms with Gasteiger partial charge in [-0.05, 0) is 18.3 Å². The number of nitrogens with one attached hydrogen (secondary N) is 1. The summed E-state index contributed by atoms with van der Waals surface area (Å²) in [6, 6.07) is 0.291. The Morgan fingerprint density at radius 1 is 1.50 bits per heavy atom. The van der Waals surface area contributed by atoms with Crippen LogP contribution in [0.3, 0.4) is 0 Å². The fourth-order valence-corrected chi connectivity index (χ4v) is 2.48. The minimum Gasteiger partial charge on any atom is -0.380 e. The van der Waals surface area contributed by atoms with Gasteiger partial charge in [-0.3, -0.25) is 4.79 Å².